The zero-order valence-corrected chi connectivity index (χ0v) is 5.30. The van der Waals surface area contributed by atoms with Gasteiger partial charge in [0.15, 0.2) is 0 Å². The number of carbonyl (C=O) groups is 1. The number of hydrogen-bond donors (Lipinski definition) is 0. The molecule has 1 aliphatic rings. The van der Waals surface area contributed by atoms with E-state index in [-0.39, 0.29) is 5.97 Å². The second-order valence-corrected chi connectivity index (χ2v) is 2.21. The molecule has 0 spiro atoms. The number of allylic oxidation sites excluding steroid dienone is 1. The predicted octanol–water partition coefficient (Wildman–Crippen LogP) is 1.13. The Labute approximate surface area is 54.5 Å². The highest BCUT2D eigenvalue weighted by atomic mass is 16.5. The minimum absolute atomic E-state index is 0.0915. The molecule has 50 valence electrons. The third kappa shape index (κ3) is 1.56. The zero-order valence-electron chi connectivity index (χ0n) is 5.30. The molecular weight excluding hydrogens is 116 g/mol. The Morgan fingerprint density at radius 2 is 2.56 bits per heavy atom. The summed E-state index contributed by atoms with van der Waals surface area (Å²) in [6.45, 7) is 4.18. The van der Waals surface area contributed by atoms with Crippen LogP contribution in [-0.4, -0.2) is 12.6 Å². The van der Waals surface area contributed by atoms with Gasteiger partial charge in [-0.2, -0.15) is 0 Å². The fraction of sp³-hybridized carbons (Fsp3) is 0.571. The van der Waals surface area contributed by atoms with E-state index in [0.717, 1.165) is 6.42 Å². The largest absolute Gasteiger partial charge is 0.466 e. The average Bonchev–Trinajstić information content (AvgIpc) is 1.88. The molecular formula is C7H10O2. The molecule has 0 saturated carbocycles. The van der Waals surface area contributed by atoms with Crippen LogP contribution >= 0.6 is 0 Å². The number of esters is 1. The summed E-state index contributed by atoms with van der Waals surface area (Å²) in [6, 6.07) is 0. The minimum Gasteiger partial charge on any atom is -0.466 e. The molecule has 0 radical (unpaired) electrons. The number of hydrogen-bond acceptors (Lipinski definition) is 2. The smallest absolute Gasteiger partial charge is 0.306 e. The Balaban J connectivity index is 2.40. The van der Waals surface area contributed by atoms with E-state index in [4.69, 9.17) is 4.74 Å². The molecule has 0 aromatic rings. The van der Waals surface area contributed by atoms with Gasteiger partial charge in [-0.25, -0.2) is 0 Å². The maximum Gasteiger partial charge on any atom is 0.306 e. The summed E-state index contributed by atoms with van der Waals surface area (Å²) in [5, 5.41) is 0. The van der Waals surface area contributed by atoms with E-state index in [1.165, 1.54) is 0 Å². The van der Waals surface area contributed by atoms with Crippen molar-refractivity contribution in [1.29, 1.82) is 0 Å². The number of ether oxygens (including phenoxy) is 1. The maximum atomic E-state index is 10.6. The van der Waals surface area contributed by atoms with E-state index >= 15 is 0 Å². The number of cyclic esters (lactones) is 1. The van der Waals surface area contributed by atoms with Crippen molar-refractivity contribution in [3.8, 4) is 0 Å². The lowest BCUT2D eigenvalue weighted by Crippen LogP contribution is -2.18. The molecule has 9 heavy (non-hydrogen) atoms. The van der Waals surface area contributed by atoms with Gasteiger partial charge in [0.1, 0.15) is 0 Å². The van der Waals surface area contributed by atoms with Gasteiger partial charge < -0.3 is 4.74 Å². The first kappa shape index (κ1) is 6.33. The molecule has 2 nitrogen and oxygen atoms in total. The third-order valence-electron chi connectivity index (χ3n) is 1.51. The van der Waals surface area contributed by atoms with Gasteiger partial charge in [-0.15, -0.1) is 6.58 Å². The van der Waals surface area contributed by atoms with Crippen molar-refractivity contribution in [2.24, 2.45) is 5.92 Å². The van der Waals surface area contributed by atoms with Crippen LogP contribution < -0.4 is 0 Å². The average molecular weight is 126 g/mol. The maximum absolute atomic E-state index is 10.6. The molecule has 0 amide bonds. The fourth-order valence-corrected chi connectivity index (χ4v) is 0.900. The third-order valence-corrected chi connectivity index (χ3v) is 1.51. The van der Waals surface area contributed by atoms with Crippen molar-refractivity contribution in [2.45, 2.75) is 12.8 Å². The first-order chi connectivity index (χ1) is 4.33. The van der Waals surface area contributed by atoms with Gasteiger partial charge in [0, 0.05) is 0 Å². The first-order valence-corrected chi connectivity index (χ1v) is 3.11. The molecule has 2 heteroatoms. The number of carbonyl (C=O) groups excluding carboxylic acids is 1. The van der Waals surface area contributed by atoms with Crippen LogP contribution in [0.3, 0.4) is 0 Å². The van der Waals surface area contributed by atoms with Crippen LogP contribution in [0.4, 0.5) is 0 Å². The second kappa shape index (κ2) is 2.67. The molecule has 1 heterocycles. The van der Waals surface area contributed by atoms with E-state index in [1.54, 1.807) is 0 Å². The quantitative estimate of drug-likeness (QED) is 0.389. The summed E-state index contributed by atoms with van der Waals surface area (Å²) in [5.74, 6) is 0.261. The van der Waals surface area contributed by atoms with E-state index in [2.05, 4.69) is 6.58 Å². The Bertz CT molecular complexity index is 129. The first-order valence-electron chi connectivity index (χ1n) is 3.11. The van der Waals surface area contributed by atoms with Gasteiger partial charge in [-0.3, -0.25) is 4.79 Å². The molecule has 0 aliphatic carbocycles. The monoisotopic (exact) mass is 126 g/mol. The lowest BCUT2D eigenvalue weighted by Gasteiger charge is -2.16. The summed E-state index contributed by atoms with van der Waals surface area (Å²) in [4.78, 5) is 10.6. The summed E-state index contributed by atoms with van der Waals surface area (Å²) in [7, 11) is 0. The highest BCUT2D eigenvalue weighted by Gasteiger charge is 2.16. The van der Waals surface area contributed by atoms with Crippen molar-refractivity contribution in [1.82, 2.24) is 0 Å². The van der Waals surface area contributed by atoms with Crippen molar-refractivity contribution in [3.63, 3.8) is 0 Å². The van der Waals surface area contributed by atoms with Crippen LogP contribution in [0.15, 0.2) is 12.7 Å². The lowest BCUT2D eigenvalue weighted by molar-refractivity contribution is -0.148. The Kier molecular flexibility index (Phi) is 1.88. The topological polar surface area (TPSA) is 26.3 Å². The molecule has 1 saturated heterocycles. The molecule has 1 aliphatic heterocycles. The molecule has 1 fully saturated rings. The van der Waals surface area contributed by atoms with Gasteiger partial charge >= 0.3 is 5.97 Å². The van der Waals surface area contributed by atoms with E-state index in [9.17, 15) is 4.79 Å². The van der Waals surface area contributed by atoms with Gasteiger partial charge in [0.25, 0.3) is 0 Å². The predicted molar refractivity (Wildman–Crippen MR) is 33.9 cm³/mol. The summed E-state index contributed by atoms with van der Waals surface area (Å²) < 4.78 is 4.72. The van der Waals surface area contributed by atoms with Crippen LogP contribution in [0, 0.1) is 5.92 Å². The summed E-state index contributed by atoms with van der Waals surface area (Å²) >= 11 is 0. The van der Waals surface area contributed by atoms with Crippen LogP contribution in [0.25, 0.3) is 0 Å². The van der Waals surface area contributed by atoms with Crippen LogP contribution in [0.2, 0.25) is 0 Å². The Morgan fingerprint density at radius 3 is 3.00 bits per heavy atom. The zero-order chi connectivity index (χ0) is 6.69. The van der Waals surface area contributed by atoms with Crippen molar-refractivity contribution >= 4 is 5.97 Å². The highest BCUT2D eigenvalue weighted by molar-refractivity contribution is 5.70. The second-order valence-electron chi connectivity index (χ2n) is 2.21. The Morgan fingerprint density at radius 1 is 1.78 bits per heavy atom. The van der Waals surface area contributed by atoms with Crippen LogP contribution in [-0.2, 0) is 9.53 Å². The normalized spacial score (nSPS) is 27.1. The summed E-state index contributed by atoms with van der Waals surface area (Å²) in [5.41, 5.74) is 0. The van der Waals surface area contributed by atoms with Gasteiger partial charge in [-0.05, 0) is 12.3 Å². The SMILES string of the molecule is C=C[C@H]1CCOC(=O)C1. The Hall–Kier alpha value is -0.790. The van der Waals surface area contributed by atoms with E-state index < -0.39 is 0 Å². The standard InChI is InChI=1S/C7H10O2/c1-2-6-3-4-9-7(8)5-6/h2,6H,1,3-5H2/t6-/m0/s1. The molecule has 0 bridgehead atoms. The van der Waals surface area contributed by atoms with E-state index in [1.807, 2.05) is 6.08 Å². The molecule has 0 aromatic carbocycles. The van der Waals surface area contributed by atoms with Crippen molar-refractivity contribution in [3.05, 3.63) is 12.7 Å². The van der Waals surface area contributed by atoms with Gasteiger partial charge in [0.05, 0.1) is 13.0 Å². The fourth-order valence-electron chi connectivity index (χ4n) is 0.900. The van der Waals surface area contributed by atoms with Crippen LogP contribution in [0.5, 0.6) is 0 Å². The number of rotatable bonds is 1. The van der Waals surface area contributed by atoms with Crippen LogP contribution in [0.1, 0.15) is 12.8 Å². The molecule has 0 aromatic heterocycles. The molecule has 0 unspecified atom stereocenters. The lowest BCUT2D eigenvalue weighted by atomic mass is 10.0. The van der Waals surface area contributed by atoms with Crippen molar-refractivity contribution < 1.29 is 9.53 Å². The molecule has 1 atom stereocenters. The van der Waals surface area contributed by atoms with Gasteiger partial charge in [-0.1, -0.05) is 6.08 Å². The van der Waals surface area contributed by atoms with Gasteiger partial charge in [0.2, 0.25) is 0 Å². The minimum atomic E-state index is -0.0915. The highest BCUT2D eigenvalue weighted by Crippen LogP contribution is 2.15. The van der Waals surface area contributed by atoms with Crippen molar-refractivity contribution in [2.75, 3.05) is 6.61 Å². The summed E-state index contributed by atoms with van der Waals surface area (Å²) in [6.07, 6.45) is 3.28. The molecule has 0 N–H and O–H groups in total. The van der Waals surface area contributed by atoms with E-state index in [0.29, 0.717) is 18.9 Å². The molecule has 1 rings (SSSR count).